The van der Waals surface area contributed by atoms with E-state index in [9.17, 15) is 18.3 Å². The molecule has 2 aromatic carbocycles. The number of hydrogen-bond donors (Lipinski definition) is 2. The molecule has 2 aromatic rings. The van der Waals surface area contributed by atoms with Gasteiger partial charge in [0.05, 0.1) is 41.9 Å². The van der Waals surface area contributed by atoms with Crippen molar-refractivity contribution >= 4 is 33.3 Å². The third-order valence-corrected chi connectivity index (χ3v) is 11.6. The van der Waals surface area contributed by atoms with Gasteiger partial charge >= 0.3 is 5.97 Å². The summed E-state index contributed by atoms with van der Waals surface area (Å²) < 4.78 is 42.0. The third kappa shape index (κ3) is 6.40. The number of halogens is 1. The van der Waals surface area contributed by atoms with Crippen molar-refractivity contribution in [2.24, 2.45) is 17.0 Å². The molecule has 2 fully saturated rings. The highest BCUT2D eigenvalue weighted by atomic mass is 35.5. The minimum Gasteiger partial charge on any atom is -0.490 e. The number of carboxylic acid groups (broad SMARTS) is 1. The van der Waals surface area contributed by atoms with Crippen molar-refractivity contribution in [1.29, 1.82) is 0 Å². The summed E-state index contributed by atoms with van der Waals surface area (Å²) >= 11 is 6.38. The van der Waals surface area contributed by atoms with Gasteiger partial charge in [-0.3, -0.25) is 0 Å². The van der Waals surface area contributed by atoms with Crippen LogP contribution in [0.4, 0.5) is 5.69 Å². The van der Waals surface area contributed by atoms with Gasteiger partial charge in [0.2, 0.25) is 10.0 Å². The minimum absolute atomic E-state index is 0.0295. The number of nitrogens with zero attached hydrogens (tertiary/aromatic N) is 1. The Hall–Kier alpha value is -2.37. The number of nitrogens with two attached hydrogens (primary N) is 1. The predicted molar refractivity (Wildman–Crippen MR) is 165 cm³/mol. The number of carboxylic acids is 1. The van der Waals surface area contributed by atoms with Crippen LogP contribution in [0, 0.1) is 11.8 Å². The highest BCUT2D eigenvalue weighted by Crippen LogP contribution is 2.47. The van der Waals surface area contributed by atoms with Crippen molar-refractivity contribution in [2.75, 3.05) is 37.8 Å². The molecule has 11 heteroatoms. The van der Waals surface area contributed by atoms with Crippen LogP contribution in [0.2, 0.25) is 5.02 Å². The van der Waals surface area contributed by atoms with E-state index in [4.69, 9.17) is 31.0 Å². The maximum absolute atomic E-state index is 12.0. The predicted octanol–water partition coefficient (Wildman–Crippen LogP) is 4.78. The Morgan fingerprint density at radius 1 is 1.23 bits per heavy atom. The first-order valence-electron chi connectivity index (χ1n) is 15.3. The van der Waals surface area contributed by atoms with Gasteiger partial charge in [0.1, 0.15) is 5.75 Å². The number of sulfonamides is 1. The standard InChI is InChI=1S/C32H41ClN2O7S/c1-20(43(34,38)39)17-41-25-10-12-40-30(15-25)26-7-4-23(26)16-35-18-32(11-2-3-21-13-24(33)6-8-27(21)32)19-42-29-9-5-22(31(36)37)14-28(29)35/h5-6,8-9,13-14,20,23,25-26,30H,2-4,7,10-12,15-19H2,1H3,(H,36,37)(H2,34,38,39)/t20-,23-,25+,26+,30-,32?/m0/s1. The Morgan fingerprint density at radius 2 is 2.07 bits per heavy atom. The number of hydrogen-bond acceptors (Lipinski definition) is 7. The van der Waals surface area contributed by atoms with E-state index in [1.54, 1.807) is 25.1 Å². The Kier molecular flexibility index (Phi) is 8.69. The van der Waals surface area contributed by atoms with E-state index in [2.05, 4.69) is 17.0 Å². The lowest BCUT2D eigenvalue weighted by molar-refractivity contribution is -0.116. The Balaban J connectivity index is 1.23. The summed E-state index contributed by atoms with van der Waals surface area (Å²) in [5.74, 6) is 0.451. The van der Waals surface area contributed by atoms with Gasteiger partial charge in [-0.1, -0.05) is 17.7 Å². The van der Waals surface area contributed by atoms with Crippen molar-refractivity contribution in [2.45, 2.75) is 74.7 Å². The van der Waals surface area contributed by atoms with Gasteiger partial charge in [0, 0.05) is 36.6 Å². The van der Waals surface area contributed by atoms with E-state index >= 15 is 0 Å². The second-order valence-electron chi connectivity index (χ2n) is 12.9. The lowest BCUT2D eigenvalue weighted by Gasteiger charge is -2.47. The van der Waals surface area contributed by atoms with Gasteiger partial charge in [-0.2, -0.15) is 0 Å². The summed E-state index contributed by atoms with van der Waals surface area (Å²) in [6.45, 7) is 4.24. The SMILES string of the molecule is C[C@@H](CO[C@@H]1CCO[C@H]([C@@H]2CC[C@H]2CN2CC3(CCCc4cc(Cl)ccc43)COc3ccc(C(=O)O)cc32)C1)S(N)(=O)=O. The van der Waals surface area contributed by atoms with Crippen LogP contribution in [-0.2, 0) is 31.3 Å². The molecule has 9 nitrogen and oxygen atoms in total. The molecule has 6 rings (SSSR count). The molecular formula is C32H41ClN2O7S. The zero-order valence-electron chi connectivity index (χ0n) is 24.5. The van der Waals surface area contributed by atoms with Crippen LogP contribution in [0.25, 0.3) is 0 Å². The summed E-state index contributed by atoms with van der Waals surface area (Å²) in [6, 6.07) is 11.4. The molecule has 4 aliphatic rings. The molecule has 6 atom stereocenters. The molecule has 2 heterocycles. The number of aromatic carboxylic acids is 1. The quantitative estimate of drug-likeness (QED) is 0.426. The molecule has 0 radical (unpaired) electrons. The van der Waals surface area contributed by atoms with Crippen LogP contribution in [0.15, 0.2) is 36.4 Å². The first-order valence-corrected chi connectivity index (χ1v) is 17.3. The normalized spacial score (nSPS) is 29.5. The summed E-state index contributed by atoms with van der Waals surface area (Å²) in [5, 5.41) is 15.1. The minimum atomic E-state index is -3.64. The first-order chi connectivity index (χ1) is 20.5. The lowest BCUT2D eigenvalue weighted by atomic mass is 9.67. The summed E-state index contributed by atoms with van der Waals surface area (Å²) in [7, 11) is -3.64. The molecule has 0 aromatic heterocycles. The Bertz CT molecular complexity index is 1470. The van der Waals surface area contributed by atoms with E-state index in [0.29, 0.717) is 30.8 Å². The third-order valence-electron chi connectivity index (χ3n) is 10.1. The lowest BCUT2D eigenvalue weighted by Crippen LogP contribution is -2.51. The van der Waals surface area contributed by atoms with E-state index in [1.165, 1.54) is 11.1 Å². The smallest absolute Gasteiger partial charge is 0.335 e. The van der Waals surface area contributed by atoms with Gasteiger partial charge in [-0.25, -0.2) is 18.4 Å². The molecule has 1 saturated carbocycles. The zero-order chi connectivity index (χ0) is 30.4. The van der Waals surface area contributed by atoms with E-state index in [-0.39, 0.29) is 29.8 Å². The average molecular weight is 633 g/mol. The van der Waals surface area contributed by atoms with E-state index in [0.717, 1.165) is 68.7 Å². The van der Waals surface area contributed by atoms with Crippen LogP contribution in [0.5, 0.6) is 5.75 Å². The largest absolute Gasteiger partial charge is 0.490 e. The van der Waals surface area contributed by atoms with Crippen LogP contribution in [0.1, 0.15) is 66.9 Å². The Labute approximate surface area is 258 Å². The topological polar surface area (TPSA) is 128 Å². The van der Waals surface area contributed by atoms with Gasteiger partial charge in [0.15, 0.2) is 0 Å². The zero-order valence-corrected chi connectivity index (χ0v) is 26.1. The molecule has 1 saturated heterocycles. The van der Waals surface area contributed by atoms with Crippen molar-refractivity contribution in [1.82, 2.24) is 0 Å². The number of primary sulfonamides is 1. The first kappa shape index (κ1) is 30.6. The maximum atomic E-state index is 12.0. The van der Waals surface area contributed by atoms with Gasteiger partial charge in [-0.05, 0) is 98.7 Å². The highest BCUT2D eigenvalue weighted by Gasteiger charge is 2.45. The van der Waals surface area contributed by atoms with E-state index in [1.807, 2.05) is 6.07 Å². The highest BCUT2D eigenvalue weighted by molar-refractivity contribution is 7.89. The molecule has 2 aliphatic carbocycles. The maximum Gasteiger partial charge on any atom is 0.335 e. The van der Waals surface area contributed by atoms with Crippen LogP contribution in [0.3, 0.4) is 0 Å². The summed E-state index contributed by atoms with van der Waals surface area (Å²) in [5.41, 5.74) is 3.37. The molecule has 234 valence electrons. The van der Waals surface area contributed by atoms with E-state index < -0.39 is 21.2 Å². The fourth-order valence-corrected chi connectivity index (χ4v) is 7.92. The molecular weight excluding hydrogens is 592 g/mol. The molecule has 43 heavy (non-hydrogen) atoms. The fourth-order valence-electron chi connectivity index (χ4n) is 7.45. The van der Waals surface area contributed by atoms with Crippen molar-refractivity contribution in [3.63, 3.8) is 0 Å². The molecule has 0 amide bonds. The molecule has 2 aliphatic heterocycles. The molecule has 0 bridgehead atoms. The number of benzene rings is 2. The number of aryl methyl sites for hydroxylation is 1. The number of anilines is 1. The van der Waals surface area contributed by atoms with Crippen LogP contribution in [-0.4, -0.2) is 69.9 Å². The molecule has 1 unspecified atom stereocenters. The monoisotopic (exact) mass is 632 g/mol. The van der Waals surface area contributed by atoms with Crippen molar-refractivity contribution in [3.8, 4) is 5.75 Å². The van der Waals surface area contributed by atoms with Crippen LogP contribution >= 0.6 is 11.6 Å². The number of ether oxygens (including phenoxy) is 3. The van der Waals surface area contributed by atoms with Gasteiger partial charge in [-0.15, -0.1) is 0 Å². The van der Waals surface area contributed by atoms with Crippen molar-refractivity contribution in [3.05, 3.63) is 58.1 Å². The van der Waals surface area contributed by atoms with Gasteiger partial charge in [0.25, 0.3) is 0 Å². The molecule has 1 spiro atoms. The second-order valence-corrected chi connectivity index (χ2v) is 15.3. The van der Waals surface area contributed by atoms with Crippen molar-refractivity contribution < 1.29 is 32.5 Å². The van der Waals surface area contributed by atoms with Gasteiger partial charge < -0.3 is 24.2 Å². The summed E-state index contributed by atoms with van der Waals surface area (Å²) in [4.78, 5) is 14.3. The number of rotatable bonds is 8. The average Bonchev–Trinajstić information content (AvgIpc) is 3.10. The number of carbonyl (C=O) groups is 1. The number of fused-ring (bicyclic) bond motifs is 3. The second kappa shape index (κ2) is 12.2. The summed E-state index contributed by atoms with van der Waals surface area (Å²) in [6.07, 6.45) is 6.52. The molecule has 3 N–H and O–H groups in total. The Morgan fingerprint density at radius 3 is 2.81 bits per heavy atom. The fraction of sp³-hybridized carbons (Fsp3) is 0.594. The van der Waals surface area contributed by atoms with Crippen LogP contribution < -0.4 is 14.8 Å².